The highest BCUT2D eigenvalue weighted by atomic mass is 32.2. The minimum atomic E-state index is -0.534. The summed E-state index contributed by atoms with van der Waals surface area (Å²) in [6, 6.07) is 13.5. The van der Waals surface area contributed by atoms with Crippen molar-refractivity contribution in [3.8, 4) is 0 Å². The molecular weight excluding hydrogens is 394 g/mol. The molecule has 1 heterocycles. The number of nitrogens with one attached hydrogen (secondary N) is 1. The van der Waals surface area contributed by atoms with Crippen LogP contribution in [0.25, 0.3) is 0 Å². The molecule has 0 atom stereocenters. The van der Waals surface area contributed by atoms with Crippen LogP contribution >= 0.6 is 11.8 Å². The van der Waals surface area contributed by atoms with Crippen molar-refractivity contribution in [3.63, 3.8) is 0 Å². The highest BCUT2D eigenvalue weighted by molar-refractivity contribution is 8.00. The Labute approximate surface area is 172 Å². The number of nitro groups is 1. The van der Waals surface area contributed by atoms with E-state index in [1.165, 1.54) is 36.7 Å². The topological polar surface area (TPSA) is 102 Å². The van der Waals surface area contributed by atoms with Gasteiger partial charge in [0.1, 0.15) is 0 Å². The number of hydrogen-bond acceptors (Lipinski definition) is 7. The number of nitrogens with zero attached hydrogens (tertiary/aromatic N) is 2. The Balaban J connectivity index is 1.38. The van der Waals surface area contributed by atoms with Gasteiger partial charge in [-0.3, -0.25) is 19.7 Å². The van der Waals surface area contributed by atoms with Crippen molar-refractivity contribution >= 4 is 40.7 Å². The SMILES string of the molecule is O=C(COC(=O)CSc1ccc([N+](=O)[O-])cc1)Nc1ccc(N2CCCC2)cc1. The van der Waals surface area contributed by atoms with Gasteiger partial charge in [0, 0.05) is 41.5 Å². The van der Waals surface area contributed by atoms with Crippen molar-refractivity contribution < 1.29 is 19.2 Å². The van der Waals surface area contributed by atoms with Crippen molar-refractivity contribution in [3.05, 3.63) is 58.6 Å². The molecule has 0 bridgehead atoms. The molecule has 0 aromatic heterocycles. The van der Waals surface area contributed by atoms with E-state index in [4.69, 9.17) is 4.74 Å². The number of hydrogen-bond donors (Lipinski definition) is 1. The summed E-state index contributed by atoms with van der Waals surface area (Å²) in [5, 5.41) is 13.3. The molecule has 8 nitrogen and oxygen atoms in total. The molecular formula is C20H21N3O5S. The van der Waals surface area contributed by atoms with Crippen LogP contribution in [0.15, 0.2) is 53.4 Å². The third-order valence-corrected chi connectivity index (χ3v) is 5.38. The van der Waals surface area contributed by atoms with E-state index in [9.17, 15) is 19.7 Å². The van der Waals surface area contributed by atoms with Gasteiger partial charge in [0.05, 0.1) is 10.7 Å². The van der Waals surface area contributed by atoms with E-state index in [0.29, 0.717) is 10.6 Å². The normalized spacial score (nSPS) is 13.2. The number of ether oxygens (including phenoxy) is 1. The molecule has 2 aromatic carbocycles. The van der Waals surface area contributed by atoms with E-state index >= 15 is 0 Å². The van der Waals surface area contributed by atoms with Crippen LogP contribution in [-0.4, -0.2) is 42.2 Å². The minimum Gasteiger partial charge on any atom is -0.455 e. The third-order valence-electron chi connectivity index (χ3n) is 4.39. The van der Waals surface area contributed by atoms with Gasteiger partial charge in [-0.05, 0) is 49.2 Å². The molecule has 1 fully saturated rings. The fourth-order valence-corrected chi connectivity index (χ4v) is 3.62. The summed E-state index contributed by atoms with van der Waals surface area (Å²) < 4.78 is 4.98. The fourth-order valence-electron chi connectivity index (χ4n) is 2.92. The van der Waals surface area contributed by atoms with Gasteiger partial charge in [-0.1, -0.05) is 0 Å². The quantitative estimate of drug-likeness (QED) is 0.305. The summed E-state index contributed by atoms with van der Waals surface area (Å²) in [5.41, 5.74) is 1.77. The van der Waals surface area contributed by atoms with E-state index in [1.54, 1.807) is 12.1 Å². The maximum atomic E-state index is 12.0. The van der Waals surface area contributed by atoms with E-state index < -0.39 is 16.8 Å². The van der Waals surface area contributed by atoms with Crippen molar-refractivity contribution in [2.75, 3.05) is 35.7 Å². The zero-order valence-electron chi connectivity index (χ0n) is 15.7. The first-order valence-corrected chi connectivity index (χ1v) is 10.2. The molecule has 1 aliphatic heterocycles. The molecule has 29 heavy (non-hydrogen) atoms. The maximum Gasteiger partial charge on any atom is 0.316 e. The van der Waals surface area contributed by atoms with Crippen LogP contribution in [0, 0.1) is 10.1 Å². The van der Waals surface area contributed by atoms with E-state index in [1.807, 2.05) is 24.3 Å². The molecule has 0 spiro atoms. The number of thioether (sulfide) groups is 1. The number of anilines is 2. The van der Waals surface area contributed by atoms with Gasteiger partial charge in [-0.15, -0.1) is 11.8 Å². The van der Waals surface area contributed by atoms with Crippen LogP contribution in [0.4, 0.5) is 17.1 Å². The molecule has 2 aromatic rings. The third kappa shape index (κ3) is 6.21. The summed E-state index contributed by atoms with van der Waals surface area (Å²) in [6.45, 7) is 1.74. The summed E-state index contributed by atoms with van der Waals surface area (Å²) in [4.78, 5) is 36.9. The van der Waals surface area contributed by atoms with Crippen LogP contribution in [-0.2, 0) is 14.3 Å². The van der Waals surface area contributed by atoms with Crippen molar-refractivity contribution in [2.45, 2.75) is 17.7 Å². The van der Waals surface area contributed by atoms with Crippen LogP contribution in [0.3, 0.4) is 0 Å². The van der Waals surface area contributed by atoms with Gasteiger partial charge in [0.25, 0.3) is 11.6 Å². The fraction of sp³-hybridized carbons (Fsp3) is 0.300. The van der Waals surface area contributed by atoms with Gasteiger partial charge in [0.15, 0.2) is 6.61 Å². The van der Waals surface area contributed by atoms with Crippen LogP contribution < -0.4 is 10.2 Å². The molecule has 0 saturated carbocycles. The highest BCUT2D eigenvalue weighted by Gasteiger charge is 2.13. The minimum absolute atomic E-state index is 0.00955. The lowest BCUT2D eigenvalue weighted by atomic mass is 10.2. The summed E-state index contributed by atoms with van der Waals surface area (Å²) in [7, 11) is 0. The van der Waals surface area contributed by atoms with Gasteiger partial charge in [-0.2, -0.15) is 0 Å². The molecule has 0 unspecified atom stereocenters. The Morgan fingerprint density at radius 1 is 1.07 bits per heavy atom. The highest BCUT2D eigenvalue weighted by Crippen LogP contribution is 2.23. The van der Waals surface area contributed by atoms with Gasteiger partial charge >= 0.3 is 5.97 Å². The van der Waals surface area contributed by atoms with E-state index in [0.717, 1.165) is 18.8 Å². The number of rotatable bonds is 8. The Kier molecular flexibility index (Phi) is 7.07. The number of carbonyl (C=O) groups is 2. The average Bonchev–Trinajstić information content (AvgIpc) is 3.26. The predicted octanol–water partition coefficient (Wildman–Crippen LogP) is 3.47. The molecule has 1 aliphatic rings. The average molecular weight is 415 g/mol. The Morgan fingerprint density at radius 3 is 2.34 bits per heavy atom. The van der Waals surface area contributed by atoms with Crippen LogP contribution in [0.5, 0.6) is 0 Å². The molecule has 1 N–H and O–H groups in total. The van der Waals surface area contributed by atoms with Crippen LogP contribution in [0.2, 0.25) is 0 Å². The molecule has 3 rings (SSSR count). The van der Waals surface area contributed by atoms with Gasteiger partial charge in [-0.25, -0.2) is 0 Å². The smallest absolute Gasteiger partial charge is 0.316 e. The first-order chi connectivity index (χ1) is 14.0. The zero-order chi connectivity index (χ0) is 20.6. The van der Waals surface area contributed by atoms with E-state index in [-0.39, 0.29) is 18.0 Å². The molecule has 0 radical (unpaired) electrons. The number of non-ortho nitro benzene ring substituents is 1. The molecule has 152 valence electrons. The lowest BCUT2D eigenvalue weighted by Crippen LogP contribution is -2.22. The molecule has 1 saturated heterocycles. The number of carbonyl (C=O) groups excluding carboxylic acids is 2. The first kappa shape index (κ1) is 20.7. The largest absolute Gasteiger partial charge is 0.455 e. The second kappa shape index (κ2) is 9.92. The number of nitro benzene ring substituents is 1. The van der Waals surface area contributed by atoms with Gasteiger partial charge in [0.2, 0.25) is 0 Å². The monoisotopic (exact) mass is 415 g/mol. The summed E-state index contributed by atoms with van der Waals surface area (Å²) in [6.07, 6.45) is 2.40. The lowest BCUT2D eigenvalue weighted by Gasteiger charge is -2.17. The van der Waals surface area contributed by atoms with Crippen molar-refractivity contribution in [2.24, 2.45) is 0 Å². The Morgan fingerprint density at radius 2 is 1.72 bits per heavy atom. The molecule has 9 heteroatoms. The second-order valence-electron chi connectivity index (χ2n) is 6.49. The van der Waals surface area contributed by atoms with E-state index in [2.05, 4.69) is 10.2 Å². The number of amides is 1. The van der Waals surface area contributed by atoms with Crippen molar-refractivity contribution in [1.82, 2.24) is 0 Å². The number of benzene rings is 2. The summed E-state index contributed by atoms with van der Waals surface area (Å²) >= 11 is 1.18. The zero-order valence-corrected chi connectivity index (χ0v) is 16.5. The molecule has 1 amide bonds. The molecule has 0 aliphatic carbocycles. The maximum absolute atomic E-state index is 12.0. The Hall–Kier alpha value is -3.07. The standard InChI is InChI=1S/C20H21N3O5S/c24-19(21-15-3-5-16(6-4-15)22-11-1-2-12-22)13-28-20(25)14-29-18-9-7-17(8-10-18)23(26)27/h3-10H,1-2,11-14H2,(H,21,24). The first-order valence-electron chi connectivity index (χ1n) is 9.19. The Bertz CT molecular complexity index is 865. The van der Waals surface area contributed by atoms with Crippen molar-refractivity contribution in [1.29, 1.82) is 0 Å². The second-order valence-corrected chi connectivity index (χ2v) is 7.54. The predicted molar refractivity (Wildman–Crippen MR) is 111 cm³/mol. The lowest BCUT2D eigenvalue weighted by molar-refractivity contribution is -0.384. The summed E-state index contributed by atoms with van der Waals surface area (Å²) in [5.74, 6) is -0.934. The number of esters is 1. The van der Waals surface area contributed by atoms with Crippen LogP contribution in [0.1, 0.15) is 12.8 Å². The van der Waals surface area contributed by atoms with Gasteiger partial charge < -0.3 is 15.0 Å².